The molecule has 218 valence electrons. The molecule has 1 saturated heterocycles. The Bertz CT molecular complexity index is 1230. The molecule has 40 heavy (non-hydrogen) atoms. The number of rotatable bonds is 7. The van der Waals surface area contributed by atoms with Crippen molar-refractivity contribution in [3.8, 4) is 5.69 Å². The minimum Gasteiger partial charge on any atom is -0.336 e. The van der Waals surface area contributed by atoms with Gasteiger partial charge in [-0.05, 0) is 69.8 Å². The third-order valence-electron chi connectivity index (χ3n) is 7.82. The summed E-state index contributed by atoms with van der Waals surface area (Å²) in [6.45, 7) is 8.01. The number of carbonyl (C=O) groups is 2. The molecule has 12 heteroatoms. The summed E-state index contributed by atoms with van der Waals surface area (Å²) in [6.07, 6.45) is 5.28. The lowest BCUT2D eigenvalue weighted by molar-refractivity contribution is -0.138. The van der Waals surface area contributed by atoms with Crippen molar-refractivity contribution in [1.29, 1.82) is 0 Å². The highest BCUT2D eigenvalue weighted by atomic mass is 16.2. The van der Waals surface area contributed by atoms with Crippen LogP contribution in [-0.2, 0) is 11.3 Å². The highest BCUT2D eigenvalue weighted by Gasteiger charge is 2.35. The van der Waals surface area contributed by atoms with Gasteiger partial charge in [0.25, 0.3) is 0 Å². The number of urea groups is 1. The van der Waals surface area contributed by atoms with Gasteiger partial charge in [-0.15, -0.1) is 0 Å². The number of anilines is 1. The van der Waals surface area contributed by atoms with Crippen LogP contribution in [0.1, 0.15) is 52.0 Å². The maximum absolute atomic E-state index is 12.8. The Labute approximate surface area is 235 Å². The highest BCUT2D eigenvalue weighted by Crippen LogP contribution is 2.24. The zero-order valence-corrected chi connectivity index (χ0v) is 23.8. The van der Waals surface area contributed by atoms with Crippen LogP contribution >= 0.6 is 0 Å². The predicted molar refractivity (Wildman–Crippen MR) is 155 cm³/mol. The van der Waals surface area contributed by atoms with E-state index in [1.54, 1.807) is 31.0 Å². The number of nitrogens with zero attached hydrogens (tertiary/aromatic N) is 5. The Morgan fingerprint density at radius 2 is 1.75 bits per heavy atom. The Balaban J connectivity index is 1.35. The first-order valence-corrected chi connectivity index (χ1v) is 14.1. The first-order chi connectivity index (χ1) is 19.0. The topological polar surface area (TPSA) is 169 Å². The van der Waals surface area contributed by atoms with Crippen molar-refractivity contribution in [3.05, 3.63) is 52.6 Å². The molecule has 2 heterocycles. The van der Waals surface area contributed by atoms with Crippen LogP contribution in [0, 0.1) is 0 Å². The Morgan fingerprint density at radius 3 is 2.33 bits per heavy atom. The number of amides is 3. The largest absolute Gasteiger partial charge is 0.354 e. The van der Waals surface area contributed by atoms with Gasteiger partial charge in [0.2, 0.25) is 5.91 Å². The van der Waals surface area contributed by atoms with Gasteiger partial charge in [-0.25, -0.2) is 9.59 Å². The highest BCUT2D eigenvalue weighted by molar-refractivity contribution is 5.89. The molecule has 1 saturated carbocycles. The van der Waals surface area contributed by atoms with E-state index in [4.69, 9.17) is 17.2 Å². The predicted octanol–water partition coefficient (Wildman–Crippen LogP) is 1.02. The molecule has 12 nitrogen and oxygen atoms in total. The molecule has 1 aliphatic carbocycles. The second-order valence-corrected chi connectivity index (χ2v) is 11.4. The van der Waals surface area contributed by atoms with Crippen LogP contribution in [0.15, 0.2) is 41.3 Å². The summed E-state index contributed by atoms with van der Waals surface area (Å²) in [5.74, 6) is -0.0964. The fraction of sp³-hybridized carbons (Fsp3) is 0.571. The van der Waals surface area contributed by atoms with Crippen LogP contribution in [-0.4, -0.2) is 86.2 Å². The van der Waals surface area contributed by atoms with E-state index in [0.29, 0.717) is 24.3 Å². The summed E-state index contributed by atoms with van der Waals surface area (Å²) >= 11 is 0. The molecule has 0 bridgehead atoms. The van der Waals surface area contributed by atoms with Crippen molar-refractivity contribution in [2.75, 3.05) is 31.5 Å². The van der Waals surface area contributed by atoms with E-state index in [2.05, 4.69) is 22.1 Å². The van der Waals surface area contributed by atoms with Crippen molar-refractivity contribution >= 4 is 17.8 Å². The zero-order chi connectivity index (χ0) is 29.0. The van der Waals surface area contributed by atoms with Crippen LogP contribution < -0.4 is 28.2 Å². The number of hydrogen-bond donors (Lipinski definition) is 4. The number of carbonyl (C=O) groups excluding carboxylic acids is 2. The van der Waals surface area contributed by atoms with E-state index in [0.717, 1.165) is 38.8 Å². The third-order valence-corrected chi connectivity index (χ3v) is 7.82. The van der Waals surface area contributed by atoms with Gasteiger partial charge in [0, 0.05) is 37.9 Å². The van der Waals surface area contributed by atoms with Gasteiger partial charge in [0.15, 0.2) is 0 Å². The molecule has 0 radical (unpaired) electrons. The molecule has 3 amide bonds. The SMILES string of the molecule is CCN(Cc1ccc(-n2ccc(NC(=O)N3CCN(C(=O)C(C)(C)N)C[C@H]3N)nc2=O)cc1)C1CCC(N)CC1. The Hall–Kier alpha value is -3.32. The summed E-state index contributed by atoms with van der Waals surface area (Å²) < 4.78 is 1.43. The molecule has 0 spiro atoms. The minimum absolute atomic E-state index is 0.127. The first-order valence-electron chi connectivity index (χ1n) is 14.1. The molecule has 1 aromatic heterocycles. The number of benzene rings is 1. The second kappa shape index (κ2) is 12.5. The molecule has 2 aliphatic rings. The quantitative estimate of drug-likeness (QED) is 0.394. The molecule has 4 rings (SSSR count). The van der Waals surface area contributed by atoms with Crippen LogP contribution in [0.25, 0.3) is 5.69 Å². The molecule has 2 aromatic rings. The van der Waals surface area contributed by atoms with Gasteiger partial charge in [0.1, 0.15) is 5.82 Å². The lowest BCUT2D eigenvalue weighted by atomic mass is 9.90. The normalized spacial score (nSPS) is 21.9. The van der Waals surface area contributed by atoms with Gasteiger partial charge < -0.3 is 27.0 Å². The average molecular weight is 554 g/mol. The Kier molecular flexibility index (Phi) is 9.24. The maximum atomic E-state index is 12.8. The summed E-state index contributed by atoms with van der Waals surface area (Å²) in [7, 11) is 0. The van der Waals surface area contributed by atoms with Gasteiger partial charge >= 0.3 is 11.7 Å². The molecule has 1 aliphatic heterocycles. The smallest absolute Gasteiger partial charge is 0.336 e. The lowest BCUT2D eigenvalue weighted by Crippen LogP contribution is -2.64. The molecule has 7 N–H and O–H groups in total. The fourth-order valence-corrected chi connectivity index (χ4v) is 5.47. The van der Waals surface area contributed by atoms with Gasteiger partial charge in [-0.2, -0.15) is 4.98 Å². The van der Waals surface area contributed by atoms with Gasteiger partial charge in [-0.3, -0.25) is 19.6 Å². The summed E-state index contributed by atoms with van der Waals surface area (Å²) in [6, 6.07) is 9.85. The number of nitrogens with one attached hydrogen (secondary N) is 1. The van der Waals surface area contributed by atoms with E-state index in [1.807, 2.05) is 24.3 Å². The lowest BCUT2D eigenvalue weighted by Gasteiger charge is -2.41. The Morgan fingerprint density at radius 1 is 1.07 bits per heavy atom. The molecular weight excluding hydrogens is 510 g/mol. The molecule has 1 aromatic carbocycles. The van der Waals surface area contributed by atoms with Crippen LogP contribution in [0.4, 0.5) is 10.6 Å². The molecule has 1 atom stereocenters. The van der Waals surface area contributed by atoms with E-state index in [9.17, 15) is 14.4 Å². The average Bonchev–Trinajstić information content (AvgIpc) is 2.92. The zero-order valence-electron chi connectivity index (χ0n) is 23.8. The van der Waals surface area contributed by atoms with E-state index in [-0.39, 0.29) is 24.8 Å². The first kappa shape index (κ1) is 29.7. The number of nitrogens with two attached hydrogens (primary N) is 3. The number of piperazine rings is 1. The van der Waals surface area contributed by atoms with E-state index < -0.39 is 23.4 Å². The fourth-order valence-electron chi connectivity index (χ4n) is 5.47. The van der Waals surface area contributed by atoms with Crippen LogP contribution in [0.5, 0.6) is 0 Å². The van der Waals surface area contributed by atoms with Crippen molar-refractivity contribution in [1.82, 2.24) is 24.3 Å². The van der Waals surface area contributed by atoms with Crippen molar-refractivity contribution in [3.63, 3.8) is 0 Å². The van der Waals surface area contributed by atoms with Crippen molar-refractivity contribution < 1.29 is 9.59 Å². The number of aromatic nitrogens is 2. The monoisotopic (exact) mass is 553 g/mol. The molecule has 2 fully saturated rings. The maximum Gasteiger partial charge on any atom is 0.354 e. The number of hydrogen-bond acceptors (Lipinski definition) is 8. The summed E-state index contributed by atoms with van der Waals surface area (Å²) in [5, 5.41) is 2.65. The van der Waals surface area contributed by atoms with E-state index >= 15 is 0 Å². The van der Waals surface area contributed by atoms with Crippen LogP contribution in [0.3, 0.4) is 0 Å². The summed E-state index contributed by atoms with van der Waals surface area (Å²) in [4.78, 5) is 47.6. The van der Waals surface area contributed by atoms with Crippen LogP contribution in [0.2, 0.25) is 0 Å². The molecule has 0 unspecified atom stereocenters. The van der Waals surface area contributed by atoms with Crippen molar-refractivity contribution in [2.45, 2.75) is 76.8 Å². The van der Waals surface area contributed by atoms with Crippen molar-refractivity contribution in [2.24, 2.45) is 17.2 Å². The second-order valence-electron chi connectivity index (χ2n) is 11.4. The van der Waals surface area contributed by atoms with Gasteiger partial charge in [-0.1, -0.05) is 19.1 Å². The minimum atomic E-state index is -1.02. The third kappa shape index (κ3) is 7.05. The van der Waals surface area contributed by atoms with E-state index in [1.165, 1.54) is 15.0 Å². The van der Waals surface area contributed by atoms with Gasteiger partial charge in [0.05, 0.1) is 23.9 Å². The summed E-state index contributed by atoms with van der Waals surface area (Å²) in [5.41, 5.74) is 18.5. The molecular formula is C28H43N9O3. The standard InChI is InChI=1S/C28H43N9O3/c1-4-34(21-11-7-20(29)8-12-21)17-19-5-9-22(10-6-19)36-14-13-24(32-26(36)39)33-27(40)37-16-15-35(18-23(37)30)25(38)28(2,3)31/h5-6,9-10,13-14,20-21,23H,4,7-8,11-12,15-18,29-31H2,1-3H3,(H,32,33,39,40)/t20?,21?,23-/m0/s1.